The van der Waals surface area contributed by atoms with Crippen molar-refractivity contribution in [3.05, 3.63) is 66.2 Å². The van der Waals surface area contributed by atoms with Gasteiger partial charge in [-0.05, 0) is 35.9 Å². The van der Waals surface area contributed by atoms with Crippen LogP contribution in [0.15, 0.2) is 60.7 Å². The lowest BCUT2D eigenvalue weighted by atomic mass is 10.0. The predicted molar refractivity (Wildman–Crippen MR) is 99.7 cm³/mol. The van der Waals surface area contributed by atoms with Crippen LogP contribution in [0, 0.1) is 0 Å². The number of carboxylic acid groups (broad SMARTS) is 1. The molecule has 0 aliphatic rings. The number of hydrogen-bond donors (Lipinski definition) is 1. The molecule has 3 aromatic rings. The highest BCUT2D eigenvalue weighted by Crippen LogP contribution is 2.35. The molecule has 1 N–H and O–H groups in total. The van der Waals surface area contributed by atoms with E-state index in [1.807, 2.05) is 30.3 Å². The van der Waals surface area contributed by atoms with Gasteiger partial charge in [-0.3, -0.25) is 0 Å². The lowest BCUT2D eigenvalue weighted by molar-refractivity contribution is -0.139. The maximum atomic E-state index is 11.5. The van der Waals surface area contributed by atoms with Crippen molar-refractivity contribution in [1.82, 2.24) is 0 Å². The van der Waals surface area contributed by atoms with Crippen LogP contribution in [0.3, 0.4) is 0 Å². The Morgan fingerprint density at radius 1 is 1.00 bits per heavy atom. The van der Waals surface area contributed by atoms with Gasteiger partial charge in [-0.25, -0.2) is 9.59 Å². The van der Waals surface area contributed by atoms with Crippen LogP contribution in [0.2, 0.25) is 0 Å². The Hall–Kier alpha value is -3.34. The minimum absolute atomic E-state index is 0.0784. The lowest BCUT2D eigenvalue weighted by Crippen LogP contribution is -2.12. The third-order valence-electron chi connectivity index (χ3n) is 3.97. The first kappa shape index (κ1) is 17.5. The average molecular weight is 350 g/mol. The minimum Gasteiger partial charge on any atom is -0.489 e. The standard InChI is InChI=1S/C21H18O5/c1-13(2)21(24)26-10-9-25-19-17-6-4-3-5-14(17)11-15-7-8-16(20(22)23)12-18(15)19/h3-8,11-12H,1,9-10H2,2H3,(H,22,23). The summed E-state index contributed by atoms with van der Waals surface area (Å²) in [7, 11) is 0. The first-order valence-electron chi connectivity index (χ1n) is 8.11. The molecule has 0 atom stereocenters. The maximum absolute atomic E-state index is 11.5. The van der Waals surface area contributed by atoms with E-state index < -0.39 is 11.9 Å². The molecule has 0 aliphatic carbocycles. The summed E-state index contributed by atoms with van der Waals surface area (Å²) in [6.45, 7) is 5.34. The monoisotopic (exact) mass is 350 g/mol. The fraction of sp³-hybridized carbons (Fsp3) is 0.143. The molecule has 0 saturated heterocycles. The van der Waals surface area contributed by atoms with E-state index in [4.69, 9.17) is 9.47 Å². The van der Waals surface area contributed by atoms with Gasteiger partial charge in [-0.2, -0.15) is 0 Å². The van der Waals surface area contributed by atoms with Crippen LogP contribution in [-0.4, -0.2) is 30.3 Å². The summed E-state index contributed by atoms with van der Waals surface area (Å²) in [6.07, 6.45) is 0. The number of aromatic carboxylic acids is 1. The number of hydrogen-bond acceptors (Lipinski definition) is 4. The molecule has 0 aromatic heterocycles. The Balaban J connectivity index is 1.98. The molecule has 0 bridgehead atoms. The molecule has 5 heteroatoms. The Labute approximate surface area is 150 Å². The third-order valence-corrected chi connectivity index (χ3v) is 3.97. The molecule has 5 nitrogen and oxygen atoms in total. The van der Waals surface area contributed by atoms with E-state index in [2.05, 4.69) is 6.58 Å². The van der Waals surface area contributed by atoms with Gasteiger partial charge in [-0.15, -0.1) is 0 Å². The van der Waals surface area contributed by atoms with Gasteiger partial charge in [0.1, 0.15) is 19.0 Å². The Morgan fingerprint density at radius 3 is 2.46 bits per heavy atom. The van der Waals surface area contributed by atoms with Gasteiger partial charge in [0.05, 0.1) is 5.56 Å². The zero-order valence-corrected chi connectivity index (χ0v) is 14.3. The van der Waals surface area contributed by atoms with E-state index in [1.165, 1.54) is 0 Å². The van der Waals surface area contributed by atoms with Crippen molar-refractivity contribution in [2.24, 2.45) is 0 Å². The van der Waals surface area contributed by atoms with Crippen LogP contribution >= 0.6 is 0 Å². The van der Waals surface area contributed by atoms with Crippen LogP contribution in [-0.2, 0) is 9.53 Å². The summed E-state index contributed by atoms with van der Waals surface area (Å²) in [4.78, 5) is 22.8. The lowest BCUT2D eigenvalue weighted by Gasteiger charge is -2.14. The zero-order chi connectivity index (χ0) is 18.7. The normalized spacial score (nSPS) is 10.7. The molecule has 0 spiro atoms. The number of rotatable bonds is 6. The molecule has 26 heavy (non-hydrogen) atoms. The molecule has 0 heterocycles. The van der Waals surface area contributed by atoms with E-state index >= 15 is 0 Å². The fourth-order valence-corrected chi connectivity index (χ4v) is 2.71. The second kappa shape index (κ2) is 7.27. The van der Waals surface area contributed by atoms with Crippen molar-refractivity contribution in [3.8, 4) is 5.75 Å². The molecule has 0 amide bonds. The quantitative estimate of drug-likeness (QED) is 0.312. The van der Waals surface area contributed by atoms with E-state index in [-0.39, 0.29) is 18.8 Å². The van der Waals surface area contributed by atoms with Gasteiger partial charge in [0.25, 0.3) is 0 Å². The van der Waals surface area contributed by atoms with Gasteiger partial charge in [0, 0.05) is 16.3 Å². The van der Waals surface area contributed by atoms with Gasteiger partial charge < -0.3 is 14.6 Å². The van der Waals surface area contributed by atoms with Crippen molar-refractivity contribution in [2.75, 3.05) is 13.2 Å². The van der Waals surface area contributed by atoms with Crippen molar-refractivity contribution >= 4 is 33.5 Å². The van der Waals surface area contributed by atoms with Gasteiger partial charge in [0.15, 0.2) is 0 Å². The fourth-order valence-electron chi connectivity index (χ4n) is 2.71. The topological polar surface area (TPSA) is 72.8 Å². The smallest absolute Gasteiger partial charge is 0.335 e. The second-order valence-corrected chi connectivity index (χ2v) is 5.93. The number of fused-ring (bicyclic) bond motifs is 2. The second-order valence-electron chi connectivity index (χ2n) is 5.93. The van der Waals surface area contributed by atoms with Crippen molar-refractivity contribution in [2.45, 2.75) is 6.92 Å². The van der Waals surface area contributed by atoms with Crippen molar-refractivity contribution < 1.29 is 24.2 Å². The molecule has 3 aromatic carbocycles. The minimum atomic E-state index is -0.999. The van der Waals surface area contributed by atoms with Crippen LogP contribution < -0.4 is 4.74 Å². The van der Waals surface area contributed by atoms with Crippen molar-refractivity contribution in [1.29, 1.82) is 0 Å². The summed E-state index contributed by atoms with van der Waals surface area (Å²) in [5.41, 5.74) is 0.512. The molecule has 0 radical (unpaired) electrons. The third kappa shape index (κ3) is 3.52. The molecule has 132 valence electrons. The molecule has 0 fully saturated rings. The number of esters is 1. The number of benzene rings is 3. The van der Waals surface area contributed by atoms with Gasteiger partial charge in [-0.1, -0.05) is 36.9 Å². The number of carbonyl (C=O) groups excluding carboxylic acids is 1. The van der Waals surface area contributed by atoms with E-state index in [0.717, 1.165) is 16.2 Å². The van der Waals surface area contributed by atoms with Crippen LogP contribution in [0.5, 0.6) is 5.75 Å². The Morgan fingerprint density at radius 2 is 1.73 bits per heavy atom. The first-order valence-corrected chi connectivity index (χ1v) is 8.11. The van der Waals surface area contributed by atoms with E-state index in [0.29, 0.717) is 16.7 Å². The van der Waals surface area contributed by atoms with Crippen LogP contribution in [0.4, 0.5) is 0 Å². The van der Waals surface area contributed by atoms with Gasteiger partial charge >= 0.3 is 11.9 Å². The summed E-state index contributed by atoms with van der Waals surface area (Å²) in [5, 5.41) is 12.7. The number of carbonyl (C=O) groups is 2. The molecule has 0 unspecified atom stereocenters. The Bertz CT molecular complexity index is 1020. The average Bonchev–Trinajstić information content (AvgIpc) is 2.63. The number of ether oxygens (including phenoxy) is 2. The molecule has 3 rings (SSSR count). The summed E-state index contributed by atoms with van der Waals surface area (Å²) in [6, 6.07) is 14.6. The highest BCUT2D eigenvalue weighted by atomic mass is 16.6. The molecule has 0 saturated carbocycles. The number of carboxylic acids is 1. The van der Waals surface area contributed by atoms with E-state index in [1.54, 1.807) is 25.1 Å². The molecular formula is C21H18O5. The van der Waals surface area contributed by atoms with Crippen molar-refractivity contribution in [3.63, 3.8) is 0 Å². The summed E-state index contributed by atoms with van der Waals surface area (Å²) in [5.74, 6) is -0.890. The first-order chi connectivity index (χ1) is 12.5. The SMILES string of the molecule is C=C(C)C(=O)OCCOc1c2ccccc2cc2ccc(C(=O)O)cc12. The van der Waals surface area contributed by atoms with E-state index in [9.17, 15) is 14.7 Å². The maximum Gasteiger partial charge on any atom is 0.335 e. The zero-order valence-electron chi connectivity index (χ0n) is 14.3. The summed E-state index contributed by atoms with van der Waals surface area (Å²) < 4.78 is 11.0. The highest BCUT2D eigenvalue weighted by Gasteiger charge is 2.12. The molecular weight excluding hydrogens is 332 g/mol. The predicted octanol–water partition coefficient (Wildman–Crippen LogP) is 4.19. The highest BCUT2D eigenvalue weighted by molar-refractivity contribution is 6.07. The Kier molecular flexibility index (Phi) is 4.89. The largest absolute Gasteiger partial charge is 0.489 e. The van der Waals surface area contributed by atoms with Crippen LogP contribution in [0.1, 0.15) is 17.3 Å². The summed E-state index contributed by atoms with van der Waals surface area (Å²) >= 11 is 0. The van der Waals surface area contributed by atoms with Gasteiger partial charge in [0.2, 0.25) is 0 Å². The molecule has 0 aliphatic heterocycles. The van der Waals surface area contributed by atoms with Crippen LogP contribution in [0.25, 0.3) is 21.5 Å².